The maximum atomic E-state index is 5.50. The minimum atomic E-state index is 0.628. The van der Waals surface area contributed by atoms with Crippen molar-refractivity contribution in [3.05, 3.63) is 18.0 Å². The van der Waals surface area contributed by atoms with E-state index in [1.54, 1.807) is 6.20 Å². The van der Waals surface area contributed by atoms with Gasteiger partial charge in [-0.1, -0.05) is 0 Å². The maximum absolute atomic E-state index is 5.50. The third-order valence-electron chi connectivity index (χ3n) is 1.23. The Morgan fingerprint density at radius 3 is 3.00 bits per heavy atom. The van der Waals surface area contributed by atoms with Crippen LogP contribution in [0.15, 0.2) is 12.3 Å². The van der Waals surface area contributed by atoms with Crippen molar-refractivity contribution in [2.75, 3.05) is 5.88 Å². The van der Waals surface area contributed by atoms with Crippen molar-refractivity contribution < 1.29 is 0 Å². The van der Waals surface area contributed by atoms with Gasteiger partial charge in [-0.05, 0) is 13.0 Å². The highest BCUT2D eigenvalue weighted by Crippen LogP contribution is 1.95. The van der Waals surface area contributed by atoms with E-state index in [1.807, 2.05) is 17.7 Å². The molecule has 2 nitrogen and oxygen atoms in total. The van der Waals surface area contributed by atoms with Gasteiger partial charge in [0.05, 0.1) is 6.54 Å². The van der Waals surface area contributed by atoms with Crippen LogP contribution in [0, 0.1) is 6.92 Å². The molecule has 0 bridgehead atoms. The first kappa shape index (κ1) is 6.62. The zero-order valence-corrected chi connectivity index (χ0v) is 6.10. The first-order chi connectivity index (χ1) is 4.34. The molecule has 1 rings (SSSR count). The Bertz CT molecular complexity index is 183. The summed E-state index contributed by atoms with van der Waals surface area (Å²) in [4.78, 5) is 0. The normalized spacial score (nSPS) is 10.0. The van der Waals surface area contributed by atoms with Gasteiger partial charge in [0.2, 0.25) is 0 Å². The van der Waals surface area contributed by atoms with E-state index in [-0.39, 0.29) is 0 Å². The Kier molecular flexibility index (Phi) is 2.11. The monoisotopic (exact) mass is 144 g/mol. The lowest BCUT2D eigenvalue weighted by molar-refractivity contribution is 0.644. The largest absolute Gasteiger partial charge is 0.269 e. The number of alkyl halides is 1. The maximum Gasteiger partial charge on any atom is 0.0547 e. The molecule has 0 aliphatic carbocycles. The molecule has 0 aliphatic heterocycles. The molecule has 0 aliphatic rings. The molecule has 50 valence electrons. The molecule has 0 aromatic carbocycles. The minimum Gasteiger partial charge on any atom is -0.269 e. The van der Waals surface area contributed by atoms with Gasteiger partial charge in [0.25, 0.3) is 0 Å². The molecule has 1 aromatic rings. The van der Waals surface area contributed by atoms with Gasteiger partial charge in [-0.2, -0.15) is 5.10 Å². The number of hydrogen-bond acceptors (Lipinski definition) is 1. The molecular formula is C6H9ClN2. The molecule has 1 heterocycles. The fourth-order valence-corrected chi connectivity index (χ4v) is 0.873. The number of aromatic nitrogens is 2. The van der Waals surface area contributed by atoms with Gasteiger partial charge in [0, 0.05) is 17.8 Å². The quantitative estimate of drug-likeness (QED) is 0.575. The predicted octanol–water partition coefficient (Wildman–Crippen LogP) is 1.43. The molecule has 0 amide bonds. The van der Waals surface area contributed by atoms with Crippen molar-refractivity contribution in [2.24, 2.45) is 0 Å². The van der Waals surface area contributed by atoms with E-state index in [1.165, 1.54) is 0 Å². The third kappa shape index (κ3) is 1.45. The van der Waals surface area contributed by atoms with Crippen LogP contribution in [0.25, 0.3) is 0 Å². The van der Waals surface area contributed by atoms with E-state index in [2.05, 4.69) is 5.10 Å². The van der Waals surface area contributed by atoms with Crippen molar-refractivity contribution in [3.63, 3.8) is 0 Å². The lowest BCUT2D eigenvalue weighted by Gasteiger charge is -1.97. The van der Waals surface area contributed by atoms with Crippen LogP contribution < -0.4 is 0 Å². The van der Waals surface area contributed by atoms with Gasteiger partial charge in [-0.15, -0.1) is 11.6 Å². The van der Waals surface area contributed by atoms with Crippen molar-refractivity contribution in [3.8, 4) is 0 Å². The van der Waals surface area contributed by atoms with E-state index in [4.69, 9.17) is 11.6 Å². The zero-order chi connectivity index (χ0) is 6.69. The molecule has 9 heavy (non-hydrogen) atoms. The highest BCUT2D eigenvalue weighted by atomic mass is 35.5. The molecular weight excluding hydrogens is 136 g/mol. The van der Waals surface area contributed by atoms with Crippen molar-refractivity contribution in [1.29, 1.82) is 0 Å². The van der Waals surface area contributed by atoms with Crippen LogP contribution in [-0.4, -0.2) is 15.7 Å². The van der Waals surface area contributed by atoms with Crippen LogP contribution in [0.3, 0.4) is 0 Å². The van der Waals surface area contributed by atoms with Crippen LogP contribution in [0.5, 0.6) is 0 Å². The van der Waals surface area contributed by atoms with Gasteiger partial charge in [0.1, 0.15) is 0 Å². The Morgan fingerprint density at radius 1 is 1.78 bits per heavy atom. The molecule has 0 spiro atoms. The second kappa shape index (κ2) is 2.87. The highest BCUT2D eigenvalue weighted by Gasteiger charge is 1.92. The Morgan fingerprint density at radius 2 is 2.56 bits per heavy atom. The summed E-state index contributed by atoms with van der Waals surface area (Å²) < 4.78 is 1.88. The Balaban J connectivity index is 2.69. The Hall–Kier alpha value is -0.500. The van der Waals surface area contributed by atoms with Crippen molar-refractivity contribution in [1.82, 2.24) is 9.78 Å². The van der Waals surface area contributed by atoms with Gasteiger partial charge in [0.15, 0.2) is 0 Å². The summed E-state index contributed by atoms with van der Waals surface area (Å²) >= 11 is 5.50. The minimum absolute atomic E-state index is 0.628. The van der Waals surface area contributed by atoms with E-state index in [9.17, 15) is 0 Å². The van der Waals surface area contributed by atoms with Crippen LogP contribution in [0.1, 0.15) is 5.69 Å². The second-order valence-corrected chi connectivity index (χ2v) is 2.26. The average molecular weight is 145 g/mol. The summed E-state index contributed by atoms with van der Waals surface area (Å²) in [6.07, 6.45) is 1.78. The van der Waals surface area contributed by atoms with Gasteiger partial charge in [-0.3, -0.25) is 4.68 Å². The highest BCUT2D eigenvalue weighted by molar-refractivity contribution is 6.17. The van der Waals surface area contributed by atoms with Crippen LogP contribution in [-0.2, 0) is 6.54 Å². The summed E-state index contributed by atoms with van der Waals surface area (Å²) in [5.74, 6) is 0.628. The molecule has 0 atom stereocenters. The average Bonchev–Trinajstić information content (AvgIpc) is 2.18. The zero-order valence-electron chi connectivity index (χ0n) is 5.34. The SMILES string of the molecule is Cc1ccnn1CCCl. The molecule has 0 saturated carbocycles. The topological polar surface area (TPSA) is 17.8 Å². The third-order valence-corrected chi connectivity index (χ3v) is 1.39. The summed E-state index contributed by atoms with van der Waals surface area (Å²) in [7, 11) is 0. The Labute approximate surface area is 59.4 Å². The number of hydrogen-bond donors (Lipinski definition) is 0. The van der Waals surface area contributed by atoms with E-state index in [0.717, 1.165) is 12.2 Å². The van der Waals surface area contributed by atoms with Gasteiger partial charge >= 0.3 is 0 Å². The number of halogens is 1. The fraction of sp³-hybridized carbons (Fsp3) is 0.500. The molecule has 0 fully saturated rings. The van der Waals surface area contributed by atoms with Crippen LogP contribution in [0.2, 0.25) is 0 Å². The standard InChI is InChI=1S/C6H9ClN2/c1-6-2-4-8-9(6)5-3-7/h2,4H,3,5H2,1H3. The lowest BCUT2D eigenvalue weighted by atomic mass is 10.5. The number of aryl methyl sites for hydroxylation is 2. The smallest absolute Gasteiger partial charge is 0.0547 e. The number of nitrogens with zero attached hydrogens (tertiary/aromatic N) is 2. The van der Waals surface area contributed by atoms with E-state index >= 15 is 0 Å². The molecule has 0 N–H and O–H groups in total. The summed E-state index contributed by atoms with van der Waals surface area (Å²) in [5.41, 5.74) is 1.16. The first-order valence-electron chi connectivity index (χ1n) is 2.89. The summed E-state index contributed by atoms with van der Waals surface area (Å²) in [6.45, 7) is 2.82. The molecule has 0 unspecified atom stereocenters. The van der Waals surface area contributed by atoms with Crippen LogP contribution >= 0.6 is 11.6 Å². The van der Waals surface area contributed by atoms with Gasteiger partial charge < -0.3 is 0 Å². The summed E-state index contributed by atoms with van der Waals surface area (Å²) in [5, 5.41) is 4.04. The van der Waals surface area contributed by atoms with Crippen molar-refractivity contribution >= 4 is 11.6 Å². The van der Waals surface area contributed by atoms with Gasteiger partial charge in [-0.25, -0.2) is 0 Å². The van der Waals surface area contributed by atoms with Crippen molar-refractivity contribution in [2.45, 2.75) is 13.5 Å². The molecule has 3 heteroatoms. The molecule has 0 radical (unpaired) electrons. The summed E-state index contributed by atoms with van der Waals surface area (Å²) in [6, 6.07) is 1.96. The molecule has 0 saturated heterocycles. The fourth-order valence-electron chi connectivity index (χ4n) is 0.713. The van der Waals surface area contributed by atoms with Crippen LogP contribution in [0.4, 0.5) is 0 Å². The molecule has 1 aromatic heterocycles. The predicted molar refractivity (Wildman–Crippen MR) is 37.7 cm³/mol. The lowest BCUT2D eigenvalue weighted by Crippen LogP contribution is -2.02. The first-order valence-corrected chi connectivity index (χ1v) is 3.42. The number of rotatable bonds is 2. The van der Waals surface area contributed by atoms with E-state index < -0.39 is 0 Å². The van der Waals surface area contributed by atoms with E-state index in [0.29, 0.717) is 5.88 Å². The second-order valence-electron chi connectivity index (χ2n) is 1.88.